The molecular formula is C10H13ClO2S. The highest BCUT2D eigenvalue weighted by molar-refractivity contribution is 7.99. The average Bonchev–Trinajstić information content (AvgIpc) is 2.52. The monoisotopic (exact) mass is 232 g/mol. The molecule has 1 aromatic heterocycles. The summed E-state index contributed by atoms with van der Waals surface area (Å²) in [6.45, 7) is 3.63. The molecule has 0 aliphatic heterocycles. The summed E-state index contributed by atoms with van der Waals surface area (Å²) in [5, 5.41) is 0.468. The minimum Gasteiger partial charge on any atom is -0.449 e. The highest BCUT2D eigenvalue weighted by atomic mass is 35.5. The molecule has 0 aliphatic carbocycles. The fourth-order valence-corrected chi connectivity index (χ4v) is 2.29. The zero-order chi connectivity index (χ0) is 10.6. The van der Waals surface area contributed by atoms with Crippen LogP contribution >= 0.6 is 23.4 Å². The minimum atomic E-state index is 0.0684. The molecule has 1 aromatic rings. The fraction of sp³-hybridized carbons (Fsp3) is 0.500. The summed E-state index contributed by atoms with van der Waals surface area (Å²) in [6, 6.07) is 3.55. The molecule has 4 heteroatoms. The summed E-state index contributed by atoms with van der Waals surface area (Å²) in [5.74, 6) is 1.74. The number of carbonyl (C=O) groups is 1. The van der Waals surface area contributed by atoms with Gasteiger partial charge in [0.25, 0.3) is 0 Å². The minimum absolute atomic E-state index is 0.0684. The zero-order valence-electron chi connectivity index (χ0n) is 8.25. The molecule has 14 heavy (non-hydrogen) atoms. The van der Waals surface area contributed by atoms with Crippen molar-refractivity contribution in [2.75, 3.05) is 0 Å². The molecule has 1 heterocycles. The van der Waals surface area contributed by atoms with E-state index in [0.29, 0.717) is 11.0 Å². The first-order valence-corrected chi connectivity index (χ1v) is 5.92. The lowest BCUT2D eigenvalue weighted by molar-refractivity contribution is -0.116. The van der Waals surface area contributed by atoms with Crippen molar-refractivity contribution in [2.45, 2.75) is 31.3 Å². The molecule has 0 spiro atoms. The van der Waals surface area contributed by atoms with E-state index in [0.717, 1.165) is 12.2 Å². The molecule has 1 atom stereocenters. The van der Waals surface area contributed by atoms with Crippen LogP contribution in [0.3, 0.4) is 0 Å². The van der Waals surface area contributed by atoms with Gasteiger partial charge in [0.1, 0.15) is 11.5 Å². The standard InChI is InChI=1S/C10H13ClO2S/c1-3-9(7(2)12)14-6-8-4-5-10(11)13-8/h4-5,9H,3,6H2,1-2H3. The summed E-state index contributed by atoms with van der Waals surface area (Å²) in [4.78, 5) is 11.1. The molecule has 0 aromatic carbocycles. The normalized spacial score (nSPS) is 12.8. The molecule has 0 N–H and O–H groups in total. The van der Waals surface area contributed by atoms with E-state index in [2.05, 4.69) is 0 Å². The third kappa shape index (κ3) is 3.39. The molecular weight excluding hydrogens is 220 g/mol. The lowest BCUT2D eigenvalue weighted by atomic mass is 10.2. The topological polar surface area (TPSA) is 30.2 Å². The molecule has 1 unspecified atom stereocenters. The van der Waals surface area contributed by atoms with Crippen molar-refractivity contribution in [3.8, 4) is 0 Å². The Morgan fingerprint density at radius 2 is 2.36 bits per heavy atom. The number of Topliss-reactive ketones (excluding diaryl/α,β-unsaturated/α-hetero) is 1. The van der Waals surface area contributed by atoms with Crippen molar-refractivity contribution in [2.24, 2.45) is 0 Å². The Labute approximate surface area is 93.0 Å². The van der Waals surface area contributed by atoms with Crippen LogP contribution < -0.4 is 0 Å². The summed E-state index contributed by atoms with van der Waals surface area (Å²) in [5.41, 5.74) is 0. The first kappa shape index (κ1) is 11.7. The molecule has 1 rings (SSSR count). The summed E-state index contributed by atoms with van der Waals surface area (Å²) in [6.07, 6.45) is 0.856. The Balaban J connectivity index is 2.43. The van der Waals surface area contributed by atoms with Crippen LogP contribution in [0.4, 0.5) is 0 Å². The first-order valence-electron chi connectivity index (χ1n) is 4.49. The largest absolute Gasteiger partial charge is 0.449 e. The van der Waals surface area contributed by atoms with E-state index in [9.17, 15) is 4.79 Å². The number of hydrogen-bond acceptors (Lipinski definition) is 3. The molecule has 0 fully saturated rings. The molecule has 0 saturated heterocycles. The lowest BCUT2D eigenvalue weighted by Gasteiger charge is -2.08. The van der Waals surface area contributed by atoms with Gasteiger partial charge in [0.15, 0.2) is 5.22 Å². The quantitative estimate of drug-likeness (QED) is 0.778. The van der Waals surface area contributed by atoms with E-state index in [1.54, 1.807) is 24.8 Å². The Morgan fingerprint density at radius 3 is 2.79 bits per heavy atom. The number of furan rings is 1. The number of hydrogen-bond donors (Lipinski definition) is 0. The van der Waals surface area contributed by atoms with Crippen LogP contribution in [-0.4, -0.2) is 11.0 Å². The van der Waals surface area contributed by atoms with Crippen LogP contribution in [0, 0.1) is 0 Å². The SMILES string of the molecule is CCC(SCc1ccc(Cl)o1)C(C)=O. The lowest BCUT2D eigenvalue weighted by Crippen LogP contribution is -2.11. The van der Waals surface area contributed by atoms with Gasteiger partial charge in [-0.05, 0) is 37.1 Å². The number of thioether (sulfide) groups is 1. The molecule has 0 amide bonds. The number of ketones is 1. The van der Waals surface area contributed by atoms with Crippen LogP contribution in [0.5, 0.6) is 0 Å². The highest BCUT2D eigenvalue weighted by Crippen LogP contribution is 2.23. The van der Waals surface area contributed by atoms with E-state index >= 15 is 0 Å². The van der Waals surface area contributed by atoms with Gasteiger partial charge < -0.3 is 4.42 Å². The summed E-state index contributed by atoms with van der Waals surface area (Å²) >= 11 is 7.22. The summed E-state index contributed by atoms with van der Waals surface area (Å²) < 4.78 is 5.19. The van der Waals surface area contributed by atoms with E-state index in [4.69, 9.17) is 16.0 Å². The van der Waals surface area contributed by atoms with Crippen molar-refractivity contribution in [1.82, 2.24) is 0 Å². The second-order valence-electron chi connectivity index (χ2n) is 3.02. The van der Waals surface area contributed by atoms with E-state index in [1.165, 1.54) is 0 Å². The molecule has 0 aliphatic rings. The summed E-state index contributed by atoms with van der Waals surface area (Å²) in [7, 11) is 0. The van der Waals surface area contributed by atoms with E-state index < -0.39 is 0 Å². The Bertz CT molecular complexity index is 309. The highest BCUT2D eigenvalue weighted by Gasteiger charge is 2.12. The smallest absolute Gasteiger partial charge is 0.193 e. The maximum atomic E-state index is 11.1. The Kier molecular flexibility index (Phi) is 4.55. The van der Waals surface area contributed by atoms with Gasteiger partial charge in [-0.2, -0.15) is 0 Å². The van der Waals surface area contributed by atoms with E-state index in [1.807, 2.05) is 13.0 Å². The van der Waals surface area contributed by atoms with Gasteiger partial charge in [0.05, 0.1) is 11.0 Å². The van der Waals surface area contributed by atoms with Gasteiger partial charge >= 0.3 is 0 Å². The fourth-order valence-electron chi connectivity index (χ4n) is 1.13. The number of rotatable bonds is 5. The van der Waals surface area contributed by atoms with Gasteiger partial charge in [0, 0.05) is 0 Å². The number of carbonyl (C=O) groups excluding carboxylic acids is 1. The van der Waals surface area contributed by atoms with Crippen molar-refractivity contribution in [3.05, 3.63) is 23.1 Å². The van der Waals surface area contributed by atoms with Gasteiger partial charge in [0.2, 0.25) is 0 Å². The van der Waals surface area contributed by atoms with Gasteiger partial charge in [-0.3, -0.25) is 4.79 Å². The molecule has 0 saturated carbocycles. The first-order chi connectivity index (χ1) is 6.63. The molecule has 0 bridgehead atoms. The third-order valence-electron chi connectivity index (χ3n) is 1.88. The molecule has 78 valence electrons. The maximum absolute atomic E-state index is 11.1. The van der Waals surface area contributed by atoms with Crippen LogP contribution in [-0.2, 0) is 10.5 Å². The van der Waals surface area contributed by atoms with Crippen molar-refractivity contribution >= 4 is 29.1 Å². The van der Waals surface area contributed by atoms with Crippen LogP contribution in [0.2, 0.25) is 5.22 Å². The van der Waals surface area contributed by atoms with Gasteiger partial charge in [-0.1, -0.05) is 6.92 Å². The van der Waals surface area contributed by atoms with Crippen LogP contribution in [0.1, 0.15) is 26.0 Å². The van der Waals surface area contributed by atoms with E-state index in [-0.39, 0.29) is 11.0 Å². The second-order valence-corrected chi connectivity index (χ2v) is 4.59. The predicted octanol–water partition coefficient (Wildman–Crippen LogP) is 3.53. The van der Waals surface area contributed by atoms with Gasteiger partial charge in [-0.15, -0.1) is 11.8 Å². The van der Waals surface area contributed by atoms with Crippen molar-refractivity contribution in [3.63, 3.8) is 0 Å². The molecule has 0 radical (unpaired) electrons. The van der Waals surface area contributed by atoms with Crippen LogP contribution in [0.15, 0.2) is 16.5 Å². The maximum Gasteiger partial charge on any atom is 0.193 e. The Hall–Kier alpha value is -0.410. The van der Waals surface area contributed by atoms with Crippen LogP contribution in [0.25, 0.3) is 0 Å². The second kappa shape index (κ2) is 5.47. The molecule has 2 nitrogen and oxygen atoms in total. The third-order valence-corrected chi connectivity index (χ3v) is 3.60. The van der Waals surface area contributed by atoms with Crippen molar-refractivity contribution in [1.29, 1.82) is 0 Å². The zero-order valence-corrected chi connectivity index (χ0v) is 9.82. The van der Waals surface area contributed by atoms with Crippen molar-refractivity contribution < 1.29 is 9.21 Å². The van der Waals surface area contributed by atoms with Gasteiger partial charge in [-0.25, -0.2) is 0 Å². The average molecular weight is 233 g/mol. The number of halogens is 1. The Morgan fingerprint density at radius 1 is 1.64 bits per heavy atom. The predicted molar refractivity (Wildman–Crippen MR) is 59.8 cm³/mol.